The molecule has 1 heterocycles. The van der Waals surface area contributed by atoms with Gasteiger partial charge in [-0.25, -0.2) is 0 Å². The fourth-order valence-electron chi connectivity index (χ4n) is 2.03. The molecule has 0 aromatic rings. The molecule has 4 nitrogen and oxygen atoms in total. The van der Waals surface area contributed by atoms with Crippen LogP contribution in [0.15, 0.2) is 0 Å². The van der Waals surface area contributed by atoms with E-state index in [4.69, 9.17) is 5.11 Å². The Balaban J connectivity index is 2.70. The van der Waals surface area contributed by atoms with Gasteiger partial charge < -0.3 is 10.0 Å². The molecule has 0 saturated carbocycles. The highest BCUT2D eigenvalue weighted by atomic mass is 16.4. The molecule has 1 rings (SSSR count). The van der Waals surface area contributed by atoms with Gasteiger partial charge >= 0.3 is 5.97 Å². The first-order chi connectivity index (χ1) is 7.25. The van der Waals surface area contributed by atoms with Crippen molar-refractivity contribution in [3.8, 4) is 0 Å². The molecular formula is C12H21NO3. The number of nitrogens with zero attached hydrogens (tertiary/aromatic N) is 1. The van der Waals surface area contributed by atoms with Crippen LogP contribution in [0.3, 0.4) is 0 Å². The Bertz CT molecular complexity index is 299. The second-order valence-corrected chi connectivity index (χ2v) is 5.50. The summed E-state index contributed by atoms with van der Waals surface area (Å²) in [5.41, 5.74) is 0.0755. The van der Waals surface area contributed by atoms with E-state index in [1.807, 2.05) is 0 Å². The van der Waals surface area contributed by atoms with Crippen molar-refractivity contribution in [2.24, 2.45) is 17.3 Å². The molecule has 1 saturated heterocycles. The van der Waals surface area contributed by atoms with Crippen molar-refractivity contribution in [3.05, 3.63) is 0 Å². The minimum atomic E-state index is -1.04. The molecule has 1 aliphatic rings. The average Bonchev–Trinajstić information content (AvgIpc) is 2.19. The third-order valence-electron chi connectivity index (χ3n) is 3.82. The van der Waals surface area contributed by atoms with Gasteiger partial charge in [-0.1, -0.05) is 20.8 Å². The number of hydrogen-bond acceptors (Lipinski definition) is 2. The largest absolute Gasteiger partial charge is 0.481 e. The summed E-state index contributed by atoms with van der Waals surface area (Å²) in [6.45, 7) is 9.23. The maximum Gasteiger partial charge on any atom is 0.315 e. The van der Waals surface area contributed by atoms with Crippen molar-refractivity contribution in [2.45, 2.75) is 34.1 Å². The van der Waals surface area contributed by atoms with Crippen molar-refractivity contribution in [3.63, 3.8) is 0 Å². The smallest absolute Gasteiger partial charge is 0.315 e. The molecule has 0 radical (unpaired) electrons. The lowest BCUT2D eigenvalue weighted by atomic mass is 9.75. The molecule has 0 aromatic heterocycles. The minimum Gasteiger partial charge on any atom is -0.481 e. The van der Waals surface area contributed by atoms with Crippen LogP contribution in [0.1, 0.15) is 34.1 Å². The number of amides is 1. The number of rotatable bonds is 2. The Morgan fingerprint density at radius 3 is 2.44 bits per heavy atom. The molecule has 1 N–H and O–H groups in total. The molecule has 2 atom stereocenters. The summed E-state index contributed by atoms with van der Waals surface area (Å²) in [7, 11) is 0. The van der Waals surface area contributed by atoms with E-state index in [1.165, 1.54) is 6.92 Å². The maximum atomic E-state index is 11.9. The monoisotopic (exact) mass is 227 g/mol. The molecule has 1 aliphatic heterocycles. The molecule has 92 valence electrons. The van der Waals surface area contributed by atoms with Crippen molar-refractivity contribution in [2.75, 3.05) is 13.1 Å². The predicted molar refractivity (Wildman–Crippen MR) is 60.9 cm³/mol. The maximum absolute atomic E-state index is 11.9. The highest BCUT2D eigenvalue weighted by Crippen LogP contribution is 2.34. The van der Waals surface area contributed by atoms with Gasteiger partial charge in [-0.2, -0.15) is 0 Å². The zero-order valence-corrected chi connectivity index (χ0v) is 10.5. The SMILES string of the molecule is CC(C(=O)O)C(=O)N1CCC(C)C(C)(C)C1. The molecule has 0 bridgehead atoms. The predicted octanol–water partition coefficient (Wildman–Crippen LogP) is 1.60. The van der Waals surface area contributed by atoms with Crippen molar-refractivity contribution in [1.82, 2.24) is 4.90 Å². The molecular weight excluding hydrogens is 206 g/mol. The lowest BCUT2D eigenvalue weighted by Crippen LogP contribution is -2.49. The zero-order valence-electron chi connectivity index (χ0n) is 10.5. The summed E-state index contributed by atoms with van der Waals surface area (Å²) in [6.07, 6.45) is 0.949. The Morgan fingerprint density at radius 2 is 2.00 bits per heavy atom. The lowest BCUT2D eigenvalue weighted by molar-refractivity contribution is -0.152. The van der Waals surface area contributed by atoms with Gasteiger partial charge in [0, 0.05) is 13.1 Å². The molecule has 4 heteroatoms. The lowest BCUT2D eigenvalue weighted by Gasteiger charge is -2.43. The van der Waals surface area contributed by atoms with E-state index in [0.717, 1.165) is 6.42 Å². The molecule has 0 spiro atoms. The molecule has 0 aromatic carbocycles. The van der Waals surface area contributed by atoms with Crippen LogP contribution in [0.2, 0.25) is 0 Å². The zero-order chi connectivity index (χ0) is 12.5. The second kappa shape index (κ2) is 4.44. The van der Waals surface area contributed by atoms with Crippen LogP contribution in [0.5, 0.6) is 0 Å². The van der Waals surface area contributed by atoms with Crippen molar-refractivity contribution in [1.29, 1.82) is 0 Å². The molecule has 0 aliphatic carbocycles. The van der Waals surface area contributed by atoms with Crippen LogP contribution in [-0.2, 0) is 9.59 Å². The summed E-state index contributed by atoms with van der Waals surface area (Å²) in [5, 5.41) is 8.82. The summed E-state index contributed by atoms with van der Waals surface area (Å²) >= 11 is 0. The van der Waals surface area contributed by atoms with E-state index in [9.17, 15) is 9.59 Å². The average molecular weight is 227 g/mol. The number of hydrogen-bond donors (Lipinski definition) is 1. The van der Waals surface area contributed by atoms with Gasteiger partial charge in [0.2, 0.25) is 5.91 Å². The van der Waals surface area contributed by atoms with E-state index >= 15 is 0 Å². The number of carboxylic acids is 1. The first-order valence-electron chi connectivity index (χ1n) is 5.77. The number of piperidine rings is 1. The fourth-order valence-corrected chi connectivity index (χ4v) is 2.03. The van der Waals surface area contributed by atoms with Crippen LogP contribution in [0, 0.1) is 17.3 Å². The summed E-state index contributed by atoms with van der Waals surface area (Å²) in [5.74, 6) is -1.66. The van der Waals surface area contributed by atoms with E-state index in [0.29, 0.717) is 19.0 Å². The van der Waals surface area contributed by atoms with Gasteiger partial charge in [-0.05, 0) is 24.7 Å². The summed E-state index contributed by atoms with van der Waals surface area (Å²) in [4.78, 5) is 24.3. The Labute approximate surface area is 96.6 Å². The van der Waals surface area contributed by atoms with Gasteiger partial charge in [0.1, 0.15) is 5.92 Å². The third kappa shape index (κ3) is 2.54. The van der Waals surface area contributed by atoms with Crippen molar-refractivity contribution >= 4 is 11.9 Å². The van der Waals surface area contributed by atoms with Crippen LogP contribution in [0.4, 0.5) is 0 Å². The van der Waals surface area contributed by atoms with E-state index in [2.05, 4.69) is 20.8 Å². The fraction of sp³-hybridized carbons (Fsp3) is 0.833. The normalized spacial score (nSPS) is 26.2. The van der Waals surface area contributed by atoms with Crippen LogP contribution < -0.4 is 0 Å². The Kier molecular flexibility index (Phi) is 3.61. The van der Waals surface area contributed by atoms with Crippen LogP contribution >= 0.6 is 0 Å². The van der Waals surface area contributed by atoms with Gasteiger partial charge in [0.15, 0.2) is 0 Å². The minimum absolute atomic E-state index is 0.0755. The first kappa shape index (κ1) is 13.0. The van der Waals surface area contributed by atoms with E-state index < -0.39 is 11.9 Å². The Morgan fingerprint density at radius 1 is 1.44 bits per heavy atom. The summed E-state index contributed by atoms with van der Waals surface area (Å²) < 4.78 is 0. The van der Waals surface area contributed by atoms with Crippen molar-refractivity contribution < 1.29 is 14.7 Å². The van der Waals surface area contributed by atoms with Gasteiger partial charge in [-0.3, -0.25) is 9.59 Å². The van der Waals surface area contributed by atoms with Gasteiger partial charge in [-0.15, -0.1) is 0 Å². The number of carbonyl (C=O) groups is 2. The highest BCUT2D eigenvalue weighted by Gasteiger charge is 2.37. The molecule has 1 amide bonds. The van der Waals surface area contributed by atoms with Gasteiger partial charge in [0.05, 0.1) is 0 Å². The molecule has 2 unspecified atom stereocenters. The standard InChI is InChI=1S/C12H21NO3/c1-8-5-6-13(7-12(8,3)4)10(14)9(2)11(15)16/h8-9H,5-7H2,1-4H3,(H,15,16). The van der Waals surface area contributed by atoms with E-state index in [1.54, 1.807) is 4.90 Å². The quantitative estimate of drug-likeness (QED) is 0.729. The molecule has 16 heavy (non-hydrogen) atoms. The van der Waals surface area contributed by atoms with Crippen LogP contribution in [-0.4, -0.2) is 35.0 Å². The van der Waals surface area contributed by atoms with Crippen LogP contribution in [0.25, 0.3) is 0 Å². The number of carboxylic acid groups (broad SMARTS) is 1. The number of likely N-dealkylation sites (tertiary alicyclic amines) is 1. The first-order valence-corrected chi connectivity index (χ1v) is 5.77. The number of aliphatic carboxylic acids is 1. The topological polar surface area (TPSA) is 57.6 Å². The third-order valence-corrected chi connectivity index (χ3v) is 3.82. The van der Waals surface area contributed by atoms with Gasteiger partial charge in [0.25, 0.3) is 0 Å². The number of carbonyl (C=O) groups excluding carboxylic acids is 1. The molecule has 1 fully saturated rings. The summed E-state index contributed by atoms with van der Waals surface area (Å²) in [6, 6.07) is 0. The second-order valence-electron chi connectivity index (χ2n) is 5.50. The van der Waals surface area contributed by atoms with E-state index in [-0.39, 0.29) is 11.3 Å². The Hall–Kier alpha value is -1.06. The highest BCUT2D eigenvalue weighted by molar-refractivity contribution is 5.96.